The molecule has 0 saturated carbocycles. The fourth-order valence-electron chi connectivity index (χ4n) is 2.47. The fraction of sp³-hybridized carbons (Fsp3) is 0.538. The van der Waals surface area contributed by atoms with Gasteiger partial charge in [-0.15, -0.1) is 0 Å². The lowest BCUT2D eigenvalue weighted by Gasteiger charge is -2.14. The van der Waals surface area contributed by atoms with Gasteiger partial charge >= 0.3 is 0 Å². The van der Waals surface area contributed by atoms with Crippen molar-refractivity contribution in [3.63, 3.8) is 0 Å². The molecule has 0 amide bonds. The van der Waals surface area contributed by atoms with Crippen molar-refractivity contribution < 1.29 is 9.47 Å². The molecule has 1 saturated heterocycles. The van der Waals surface area contributed by atoms with E-state index < -0.39 is 0 Å². The Labute approximate surface area is 95.8 Å². The first-order valence-corrected chi connectivity index (χ1v) is 6.04. The summed E-state index contributed by atoms with van der Waals surface area (Å²) in [5.41, 5.74) is 1.37. The summed E-state index contributed by atoms with van der Waals surface area (Å²) in [4.78, 5) is 0. The number of hydrogen-bond acceptors (Lipinski definition) is 3. The van der Waals surface area contributed by atoms with Crippen molar-refractivity contribution in [1.29, 1.82) is 0 Å². The molecule has 0 radical (unpaired) electrons. The smallest absolute Gasteiger partial charge is 0.231 e. The minimum atomic E-state index is 0.363. The number of rotatable bonds is 1. The van der Waals surface area contributed by atoms with E-state index in [-0.39, 0.29) is 0 Å². The third-order valence-corrected chi connectivity index (χ3v) is 3.41. The zero-order chi connectivity index (χ0) is 10.8. The highest BCUT2D eigenvalue weighted by Crippen LogP contribution is 2.35. The van der Waals surface area contributed by atoms with Crippen LogP contribution in [0, 0.1) is 0 Å². The molecule has 3 rings (SSSR count). The van der Waals surface area contributed by atoms with E-state index >= 15 is 0 Å². The van der Waals surface area contributed by atoms with E-state index in [1.807, 2.05) is 6.07 Å². The number of fused-ring (bicyclic) bond motifs is 1. The second-order valence-electron chi connectivity index (χ2n) is 4.51. The maximum absolute atomic E-state index is 5.42. The van der Waals surface area contributed by atoms with E-state index in [9.17, 15) is 0 Å². The van der Waals surface area contributed by atoms with Gasteiger partial charge < -0.3 is 14.8 Å². The Morgan fingerprint density at radius 3 is 3.06 bits per heavy atom. The highest BCUT2D eigenvalue weighted by Gasteiger charge is 2.18. The Morgan fingerprint density at radius 1 is 1.12 bits per heavy atom. The summed E-state index contributed by atoms with van der Waals surface area (Å²) in [6.45, 7) is 2.60. The topological polar surface area (TPSA) is 30.5 Å². The van der Waals surface area contributed by atoms with E-state index in [1.165, 1.54) is 24.8 Å². The molecule has 0 aliphatic carbocycles. The Balaban J connectivity index is 1.82. The van der Waals surface area contributed by atoms with Gasteiger partial charge in [0.15, 0.2) is 11.5 Å². The van der Waals surface area contributed by atoms with Crippen LogP contribution in [0.5, 0.6) is 11.5 Å². The van der Waals surface area contributed by atoms with Crippen molar-refractivity contribution in [3.8, 4) is 11.5 Å². The van der Waals surface area contributed by atoms with Gasteiger partial charge in [-0.1, -0.05) is 12.5 Å². The summed E-state index contributed by atoms with van der Waals surface area (Å²) in [7, 11) is 0. The first kappa shape index (κ1) is 9.97. The lowest BCUT2D eigenvalue weighted by atomic mass is 9.94. The van der Waals surface area contributed by atoms with Gasteiger partial charge in [0, 0.05) is 6.54 Å². The molecule has 1 fully saturated rings. The molecule has 16 heavy (non-hydrogen) atoms. The Kier molecular flexibility index (Phi) is 2.70. The Morgan fingerprint density at radius 2 is 2.06 bits per heavy atom. The molecule has 0 aromatic heterocycles. The summed E-state index contributed by atoms with van der Waals surface area (Å²) in [6, 6.07) is 6.34. The lowest BCUT2D eigenvalue weighted by molar-refractivity contribution is 0.174. The molecule has 1 N–H and O–H groups in total. The third-order valence-electron chi connectivity index (χ3n) is 3.41. The number of benzene rings is 1. The van der Waals surface area contributed by atoms with Crippen molar-refractivity contribution in [3.05, 3.63) is 23.8 Å². The third kappa shape index (κ3) is 1.87. The van der Waals surface area contributed by atoms with Gasteiger partial charge in [-0.25, -0.2) is 0 Å². The van der Waals surface area contributed by atoms with Gasteiger partial charge in [0.05, 0.1) is 0 Å². The molecule has 86 valence electrons. The van der Waals surface area contributed by atoms with Crippen LogP contribution in [-0.4, -0.2) is 19.9 Å². The predicted octanol–water partition coefficient (Wildman–Crippen LogP) is 2.27. The summed E-state index contributed by atoms with van der Waals surface area (Å²) >= 11 is 0. The monoisotopic (exact) mass is 219 g/mol. The maximum Gasteiger partial charge on any atom is 0.231 e. The van der Waals surface area contributed by atoms with Crippen LogP contribution in [0.4, 0.5) is 0 Å². The second kappa shape index (κ2) is 4.34. The molecule has 1 unspecified atom stereocenters. The van der Waals surface area contributed by atoms with Crippen molar-refractivity contribution in [2.75, 3.05) is 19.9 Å². The average Bonchev–Trinajstić information content (AvgIpc) is 2.61. The summed E-state index contributed by atoms with van der Waals surface area (Å²) < 4.78 is 10.7. The van der Waals surface area contributed by atoms with Gasteiger partial charge in [-0.3, -0.25) is 0 Å². The van der Waals surface area contributed by atoms with Crippen LogP contribution >= 0.6 is 0 Å². The van der Waals surface area contributed by atoms with Crippen LogP contribution < -0.4 is 14.8 Å². The van der Waals surface area contributed by atoms with Crippen molar-refractivity contribution >= 4 is 0 Å². The molecule has 1 aromatic rings. The second-order valence-corrected chi connectivity index (χ2v) is 4.51. The van der Waals surface area contributed by atoms with Crippen LogP contribution in [0.15, 0.2) is 18.2 Å². The summed E-state index contributed by atoms with van der Waals surface area (Å²) in [5, 5.41) is 3.49. The lowest BCUT2D eigenvalue weighted by Crippen LogP contribution is -2.19. The van der Waals surface area contributed by atoms with Crippen LogP contribution in [0.3, 0.4) is 0 Å². The highest BCUT2D eigenvalue weighted by molar-refractivity contribution is 5.45. The van der Waals surface area contributed by atoms with Crippen LogP contribution in [0.2, 0.25) is 0 Å². The highest BCUT2D eigenvalue weighted by atomic mass is 16.7. The average molecular weight is 219 g/mol. The molecule has 2 aliphatic heterocycles. The van der Waals surface area contributed by atoms with Crippen LogP contribution in [0.25, 0.3) is 0 Å². The zero-order valence-corrected chi connectivity index (χ0v) is 9.37. The van der Waals surface area contributed by atoms with Crippen LogP contribution in [0.1, 0.15) is 30.7 Å². The van der Waals surface area contributed by atoms with Crippen molar-refractivity contribution in [2.24, 2.45) is 0 Å². The summed E-state index contributed by atoms with van der Waals surface area (Å²) in [5.74, 6) is 2.41. The van der Waals surface area contributed by atoms with Crippen molar-refractivity contribution in [2.45, 2.75) is 25.2 Å². The van der Waals surface area contributed by atoms with E-state index in [1.54, 1.807) is 0 Å². The molecule has 2 aliphatic rings. The molecule has 0 bridgehead atoms. The SMILES string of the molecule is c1cc2c(cc1C1CCCCNC1)OCO2. The largest absolute Gasteiger partial charge is 0.454 e. The molecular weight excluding hydrogens is 202 g/mol. The zero-order valence-electron chi connectivity index (χ0n) is 9.37. The maximum atomic E-state index is 5.42. The van der Waals surface area contributed by atoms with Crippen molar-refractivity contribution in [1.82, 2.24) is 5.32 Å². The number of nitrogens with one attached hydrogen (secondary N) is 1. The number of ether oxygens (including phenoxy) is 2. The van der Waals surface area contributed by atoms with Gasteiger partial charge in [-0.2, -0.15) is 0 Å². The molecular formula is C13H17NO2. The van der Waals surface area contributed by atoms with E-state index in [2.05, 4.69) is 17.4 Å². The Hall–Kier alpha value is -1.22. The molecule has 3 heteroatoms. The number of hydrogen-bond donors (Lipinski definition) is 1. The molecule has 0 spiro atoms. The van der Waals surface area contributed by atoms with E-state index in [0.29, 0.717) is 12.7 Å². The van der Waals surface area contributed by atoms with E-state index in [0.717, 1.165) is 24.6 Å². The predicted molar refractivity (Wildman–Crippen MR) is 62.0 cm³/mol. The van der Waals surface area contributed by atoms with Crippen LogP contribution in [-0.2, 0) is 0 Å². The first-order valence-electron chi connectivity index (χ1n) is 6.04. The summed E-state index contributed by atoms with van der Waals surface area (Å²) in [6.07, 6.45) is 3.87. The quantitative estimate of drug-likeness (QED) is 0.786. The molecule has 1 atom stereocenters. The van der Waals surface area contributed by atoms with Gasteiger partial charge in [-0.05, 0) is 43.0 Å². The molecule has 2 heterocycles. The molecule has 3 nitrogen and oxygen atoms in total. The van der Waals surface area contributed by atoms with Gasteiger partial charge in [0.2, 0.25) is 6.79 Å². The van der Waals surface area contributed by atoms with Gasteiger partial charge in [0.1, 0.15) is 0 Å². The van der Waals surface area contributed by atoms with E-state index in [4.69, 9.17) is 9.47 Å². The first-order chi connectivity index (χ1) is 7.93. The molecule has 1 aromatic carbocycles. The Bertz CT molecular complexity index is 370. The standard InChI is InChI=1S/C13H17NO2/c1-2-6-14-8-11(3-1)10-4-5-12-13(7-10)16-9-15-12/h4-5,7,11,14H,1-3,6,8-9H2. The minimum absolute atomic E-state index is 0.363. The fourth-order valence-corrected chi connectivity index (χ4v) is 2.47. The normalized spacial score (nSPS) is 24.1. The van der Waals surface area contributed by atoms with Gasteiger partial charge in [0.25, 0.3) is 0 Å². The minimum Gasteiger partial charge on any atom is -0.454 e.